The number of aliphatic carboxylic acids is 3. The highest BCUT2D eigenvalue weighted by Gasteiger charge is 2.01. The van der Waals surface area contributed by atoms with Crippen LogP contribution in [0.25, 0.3) is 0 Å². The Balaban J connectivity index is -0.000000147. The van der Waals surface area contributed by atoms with Crippen LogP contribution in [0.15, 0.2) is 0 Å². The Morgan fingerprint density at radius 2 is 1.27 bits per heavy atom. The summed E-state index contributed by atoms with van der Waals surface area (Å²) >= 11 is 0. The molecule has 0 rings (SSSR count). The quantitative estimate of drug-likeness (QED) is 0.519. The lowest BCUT2D eigenvalue weighted by atomic mass is 10.4. The molecule has 0 aromatic rings. The van der Waals surface area contributed by atoms with E-state index in [0.717, 1.165) is 6.92 Å². The lowest BCUT2D eigenvalue weighted by Crippen LogP contribution is -2.13. The van der Waals surface area contributed by atoms with Gasteiger partial charge in [0, 0.05) is 13.3 Å². The van der Waals surface area contributed by atoms with Crippen LogP contribution in [0.2, 0.25) is 0 Å². The van der Waals surface area contributed by atoms with Crippen molar-refractivity contribution in [2.24, 2.45) is 0 Å². The van der Waals surface area contributed by atoms with Crippen molar-refractivity contribution < 1.29 is 34.8 Å². The average molecular weight is 224 g/mol. The lowest BCUT2D eigenvalue weighted by molar-refractivity contribution is -0.145. The molecule has 7 heteroatoms. The molecule has 90 valence electrons. The Kier molecular flexibility index (Phi) is 15.7. The van der Waals surface area contributed by atoms with Gasteiger partial charge in [-0.1, -0.05) is 6.92 Å². The van der Waals surface area contributed by atoms with Gasteiger partial charge in [0.15, 0.2) is 0 Å². The number of carboxylic acid groups (broad SMARTS) is 3. The van der Waals surface area contributed by atoms with Gasteiger partial charge < -0.3 is 20.4 Å². The van der Waals surface area contributed by atoms with Crippen molar-refractivity contribution in [3.63, 3.8) is 0 Å². The molecule has 0 saturated heterocycles. The molecule has 0 aliphatic heterocycles. The Bertz CT molecular complexity index is 193. The fraction of sp³-hybridized carbons (Fsp3) is 0.625. The second kappa shape index (κ2) is 12.4. The Morgan fingerprint density at radius 3 is 1.27 bits per heavy atom. The van der Waals surface area contributed by atoms with Crippen molar-refractivity contribution in [1.29, 1.82) is 0 Å². The van der Waals surface area contributed by atoms with E-state index in [0.29, 0.717) is 0 Å². The summed E-state index contributed by atoms with van der Waals surface area (Å²) in [5, 5.41) is 30.9. The van der Waals surface area contributed by atoms with E-state index in [1.54, 1.807) is 6.92 Å². The van der Waals surface area contributed by atoms with Crippen molar-refractivity contribution in [3.8, 4) is 0 Å². The van der Waals surface area contributed by atoms with Crippen molar-refractivity contribution in [2.75, 3.05) is 0 Å². The fourth-order valence-electron chi connectivity index (χ4n) is 0. The fourth-order valence-corrected chi connectivity index (χ4v) is 0. The highest BCUT2D eigenvalue weighted by atomic mass is 16.4. The number of aliphatic hydroxyl groups is 1. The van der Waals surface area contributed by atoms with Crippen molar-refractivity contribution >= 4 is 17.9 Å². The maximum atomic E-state index is 9.45. The molecule has 0 spiro atoms. The molecule has 0 aromatic heterocycles. The normalized spacial score (nSPS) is 9.60. The molecule has 0 bridgehead atoms. The molecule has 0 aliphatic rings. The van der Waals surface area contributed by atoms with E-state index in [9.17, 15) is 9.59 Å². The number of carbonyl (C=O) groups is 3. The third-order valence-corrected chi connectivity index (χ3v) is 0.660. The summed E-state index contributed by atoms with van der Waals surface area (Å²) in [6.45, 7) is 3.88. The van der Waals surface area contributed by atoms with Crippen LogP contribution in [0.3, 0.4) is 0 Å². The first-order valence-corrected chi connectivity index (χ1v) is 3.97. The first kappa shape index (κ1) is 19.0. The minimum atomic E-state index is -1.23. The monoisotopic (exact) mass is 224 g/mol. The molecular weight excluding hydrogens is 208 g/mol. The molecule has 0 fully saturated rings. The molecule has 1 atom stereocenters. The molecule has 15 heavy (non-hydrogen) atoms. The molecule has 4 N–H and O–H groups in total. The zero-order valence-electron chi connectivity index (χ0n) is 8.80. The summed E-state index contributed by atoms with van der Waals surface area (Å²) in [5.41, 5.74) is 0. The van der Waals surface area contributed by atoms with Gasteiger partial charge in [0.1, 0.15) is 6.10 Å². The largest absolute Gasteiger partial charge is 0.481 e. The minimum Gasteiger partial charge on any atom is -0.481 e. The van der Waals surface area contributed by atoms with Gasteiger partial charge in [-0.2, -0.15) is 0 Å². The van der Waals surface area contributed by atoms with E-state index in [4.69, 9.17) is 25.2 Å². The number of carboxylic acids is 3. The van der Waals surface area contributed by atoms with Crippen molar-refractivity contribution in [3.05, 3.63) is 0 Å². The molecule has 0 heterocycles. The van der Waals surface area contributed by atoms with Gasteiger partial charge in [0.2, 0.25) is 0 Å². The maximum absolute atomic E-state index is 9.45. The van der Waals surface area contributed by atoms with Crippen molar-refractivity contribution in [2.45, 2.75) is 33.3 Å². The number of aliphatic hydroxyl groups excluding tert-OH is 1. The molecule has 0 amide bonds. The van der Waals surface area contributed by atoms with Gasteiger partial charge in [-0.25, -0.2) is 4.79 Å². The van der Waals surface area contributed by atoms with Gasteiger partial charge in [-0.3, -0.25) is 9.59 Å². The number of hydrogen-bond acceptors (Lipinski definition) is 4. The minimum absolute atomic E-state index is 0.222. The van der Waals surface area contributed by atoms with Gasteiger partial charge in [-0.15, -0.1) is 0 Å². The highest BCUT2D eigenvalue weighted by Crippen LogP contribution is 1.73. The van der Waals surface area contributed by atoms with Crippen LogP contribution in [0, 0.1) is 0 Å². The van der Waals surface area contributed by atoms with Crippen LogP contribution in [0.1, 0.15) is 27.2 Å². The van der Waals surface area contributed by atoms with Crippen LogP contribution in [-0.4, -0.2) is 44.4 Å². The molecule has 0 saturated carbocycles. The summed E-state index contributed by atoms with van der Waals surface area (Å²) in [6.07, 6.45) is -1.01. The average Bonchev–Trinajstić information content (AvgIpc) is 2.04. The van der Waals surface area contributed by atoms with E-state index in [1.807, 2.05) is 0 Å². The van der Waals surface area contributed by atoms with Gasteiger partial charge in [0.05, 0.1) is 0 Å². The van der Waals surface area contributed by atoms with E-state index in [2.05, 4.69) is 0 Å². The Morgan fingerprint density at radius 1 is 1.13 bits per heavy atom. The Labute approximate surface area is 87.0 Å². The first-order valence-electron chi connectivity index (χ1n) is 3.97. The van der Waals surface area contributed by atoms with Crippen LogP contribution in [0.5, 0.6) is 0 Å². The number of rotatable bonds is 2. The standard InChI is InChI=1S/C3H6O3.C3H6O2.C2H4O2/c1-2(4)3(5)6;1-2-3(4)5;1-2(3)4/h2,4H,1H3,(H,5,6);2H2,1H3,(H,4,5);1H3,(H,3,4). The number of hydrogen-bond donors (Lipinski definition) is 4. The van der Waals surface area contributed by atoms with Crippen LogP contribution >= 0.6 is 0 Å². The summed E-state index contributed by atoms with van der Waals surface area (Å²) < 4.78 is 0. The zero-order valence-corrected chi connectivity index (χ0v) is 8.80. The topological polar surface area (TPSA) is 132 Å². The summed E-state index contributed by atoms with van der Waals surface area (Å²) in [7, 11) is 0. The Hall–Kier alpha value is -1.63. The van der Waals surface area contributed by atoms with Crippen LogP contribution in [-0.2, 0) is 14.4 Å². The molecule has 7 nitrogen and oxygen atoms in total. The summed E-state index contributed by atoms with van der Waals surface area (Å²) in [5.74, 6) is -2.76. The second-order valence-electron chi connectivity index (χ2n) is 2.28. The van der Waals surface area contributed by atoms with Crippen molar-refractivity contribution in [1.82, 2.24) is 0 Å². The van der Waals surface area contributed by atoms with E-state index in [1.165, 1.54) is 6.92 Å². The van der Waals surface area contributed by atoms with Crippen LogP contribution in [0.4, 0.5) is 0 Å². The van der Waals surface area contributed by atoms with Gasteiger partial charge >= 0.3 is 11.9 Å². The van der Waals surface area contributed by atoms with Crippen LogP contribution < -0.4 is 0 Å². The first-order chi connectivity index (χ1) is 6.64. The van der Waals surface area contributed by atoms with Gasteiger partial charge in [0.25, 0.3) is 5.97 Å². The highest BCUT2D eigenvalue weighted by molar-refractivity contribution is 5.71. The summed E-state index contributed by atoms with van der Waals surface area (Å²) in [6, 6.07) is 0. The maximum Gasteiger partial charge on any atom is 0.332 e. The van der Waals surface area contributed by atoms with E-state index < -0.39 is 24.0 Å². The zero-order chi connectivity index (χ0) is 13.0. The second-order valence-corrected chi connectivity index (χ2v) is 2.28. The molecule has 0 radical (unpaired) electrons. The molecular formula is C8H16O7. The molecule has 0 aromatic carbocycles. The van der Waals surface area contributed by atoms with E-state index in [-0.39, 0.29) is 6.42 Å². The molecule has 0 aliphatic carbocycles. The predicted octanol–water partition coefficient (Wildman–Crippen LogP) is 0.0237. The third-order valence-electron chi connectivity index (χ3n) is 0.660. The lowest BCUT2D eigenvalue weighted by Gasteiger charge is -1.89. The van der Waals surface area contributed by atoms with E-state index >= 15 is 0 Å². The smallest absolute Gasteiger partial charge is 0.332 e. The third kappa shape index (κ3) is 69.7. The van der Waals surface area contributed by atoms with Gasteiger partial charge in [-0.05, 0) is 6.92 Å². The SMILES string of the molecule is CC(=O)O.CC(O)C(=O)O.CCC(=O)O. The predicted molar refractivity (Wildman–Crippen MR) is 50.6 cm³/mol. The summed E-state index contributed by atoms with van der Waals surface area (Å²) in [4.78, 5) is 27.8. The molecule has 1 unspecified atom stereocenters.